The molecule has 2 rings (SSSR count). The first-order valence-electron chi connectivity index (χ1n) is 4.84. The zero-order valence-electron chi connectivity index (χ0n) is 7.27. The lowest BCUT2D eigenvalue weighted by Crippen LogP contribution is -2.34. The molecule has 2 aliphatic rings. The van der Waals surface area contributed by atoms with Gasteiger partial charge in [-0.25, -0.2) is 0 Å². The Balaban J connectivity index is 1.69. The van der Waals surface area contributed by atoms with Gasteiger partial charge in [-0.15, -0.1) is 8.58 Å². The summed E-state index contributed by atoms with van der Waals surface area (Å²) in [4.78, 5) is 0. The topological polar surface area (TPSA) is 12.0 Å². The molecule has 1 saturated heterocycles. The summed E-state index contributed by atoms with van der Waals surface area (Å²) in [5.74, 6) is 1.93. The summed E-state index contributed by atoms with van der Waals surface area (Å²) < 4.78 is 0. The van der Waals surface area contributed by atoms with E-state index in [9.17, 15) is 0 Å². The molecule has 0 amide bonds. The van der Waals surface area contributed by atoms with Crippen molar-refractivity contribution < 1.29 is 0 Å². The molecule has 1 aliphatic heterocycles. The van der Waals surface area contributed by atoms with Crippen LogP contribution >= 0.6 is 8.58 Å². The first-order chi connectivity index (χ1) is 5.34. The van der Waals surface area contributed by atoms with Crippen LogP contribution in [-0.4, -0.2) is 18.0 Å². The van der Waals surface area contributed by atoms with Crippen LogP contribution in [0, 0.1) is 5.92 Å². The van der Waals surface area contributed by atoms with Gasteiger partial charge in [0.05, 0.1) is 0 Å². The molecule has 1 heterocycles. The third-order valence-electron chi connectivity index (χ3n) is 2.86. The van der Waals surface area contributed by atoms with Crippen molar-refractivity contribution in [2.45, 2.75) is 44.4 Å². The molecule has 2 fully saturated rings. The maximum atomic E-state index is 3.73. The summed E-state index contributed by atoms with van der Waals surface area (Å²) in [6.45, 7) is 2.38. The summed E-state index contributed by atoms with van der Waals surface area (Å²) in [7, 11) is 1.23. The maximum absolute atomic E-state index is 3.73. The van der Waals surface area contributed by atoms with Crippen molar-refractivity contribution in [3.8, 4) is 0 Å². The van der Waals surface area contributed by atoms with Gasteiger partial charge in [0.25, 0.3) is 0 Å². The normalized spacial score (nSPS) is 46.1. The zero-order chi connectivity index (χ0) is 7.68. The third kappa shape index (κ3) is 2.42. The molecule has 0 aromatic rings. The van der Waals surface area contributed by atoms with Crippen LogP contribution in [0.25, 0.3) is 0 Å². The Hall–Kier alpha value is 0.390. The molecular formula is C9H18NP. The molecule has 2 heteroatoms. The van der Waals surface area contributed by atoms with Gasteiger partial charge in [-0.1, -0.05) is 6.92 Å². The highest BCUT2D eigenvalue weighted by atomic mass is 31.1. The van der Waals surface area contributed by atoms with Crippen molar-refractivity contribution in [1.29, 1.82) is 0 Å². The highest BCUT2D eigenvalue weighted by Gasteiger charge is 2.26. The molecule has 0 aromatic carbocycles. The lowest BCUT2D eigenvalue weighted by Gasteiger charge is -2.26. The van der Waals surface area contributed by atoms with Crippen molar-refractivity contribution >= 4 is 8.58 Å². The molecule has 1 aliphatic carbocycles. The molecule has 0 aromatic heterocycles. The van der Waals surface area contributed by atoms with E-state index in [0.717, 1.165) is 17.7 Å². The zero-order valence-corrected chi connectivity index (χ0v) is 8.27. The maximum Gasteiger partial charge on any atom is 0.0280 e. The SMILES string of the molecule is CC1CCC(NC2CP2)CC1. The van der Waals surface area contributed by atoms with Crippen LogP contribution in [0.15, 0.2) is 0 Å². The van der Waals surface area contributed by atoms with E-state index < -0.39 is 0 Å². The predicted molar refractivity (Wildman–Crippen MR) is 51.5 cm³/mol. The Labute approximate surface area is 71.1 Å². The van der Waals surface area contributed by atoms with Crippen LogP contribution in [0.5, 0.6) is 0 Å². The molecule has 11 heavy (non-hydrogen) atoms. The molecular weight excluding hydrogens is 153 g/mol. The van der Waals surface area contributed by atoms with E-state index in [2.05, 4.69) is 12.2 Å². The number of nitrogens with one attached hydrogen (secondary N) is 1. The van der Waals surface area contributed by atoms with Gasteiger partial charge in [0.2, 0.25) is 0 Å². The highest BCUT2D eigenvalue weighted by molar-refractivity contribution is 7.47. The van der Waals surface area contributed by atoms with Gasteiger partial charge >= 0.3 is 0 Å². The summed E-state index contributed by atoms with van der Waals surface area (Å²) in [5.41, 5.74) is 0. The summed E-state index contributed by atoms with van der Waals surface area (Å²) in [6, 6.07) is 0.881. The highest BCUT2D eigenvalue weighted by Crippen LogP contribution is 2.37. The Morgan fingerprint density at radius 1 is 1.18 bits per heavy atom. The van der Waals surface area contributed by atoms with Crippen LogP contribution in [0.4, 0.5) is 0 Å². The van der Waals surface area contributed by atoms with E-state index in [-0.39, 0.29) is 0 Å². The van der Waals surface area contributed by atoms with Gasteiger partial charge in [-0.2, -0.15) is 0 Å². The standard InChI is InChI=1S/C9H18NP/c1-7-2-4-8(5-3-7)10-9-6-11-9/h7-11H,2-6H2,1H3. The van der Waals surface area contributed by atoms with E-state index in [0.29, 0.717) is 0 Å². The van der Waals surface area contributed by atoms with Gasteiger partial charge in [0.1, 0.15) is 0 Å². The lowest BCUT2D eigenvalue weighted by atomic mass is 9.87. The fourth-order valence-corrected chi connectivity index (χ4v) is 2.48. The van der Waals surface area contributed by atoms with Crippen LogP contribution in [0.2, 0.25) is 0 Å². The smallest absolute Gasteiger partial charge is 0.0280 e. The quantitative estimate of drug-likeness (QED) is 0.628. The van der Waals surface area contributed by atoms with E-state index in [4.69, 9.17) is 0 Å². The Morgan fingerprint density at radius 2 is 1.82 bits per heavy atom. The van der Waals surface area contributed by atoms with E-state index in [1.165, 1.54) is 40.4 Å². The third-order valence-corrected chi connectivity index (χ3v) is 3.84. The van der Waals surface area contributed by atoms with Crippen LogP contribution in [0.1, 0.15) is 32.6 Å². The van der Waals surface area contributed by atoms with E-state index in [1.54, 1.807) is 0 Å². The minimum Gasteiger partial charge on any atom is -0.307 e. The molecule has 1 nitrogen and oxygen atoms in total. The van der Waals surface area contributed by atoms with Crippen LogP contribution in [0.3, 0.4) is 0 Å². The summed E-state index contributed by atoms with van der Waals surface area (Å²) >= 11 is 0. The van der Waals surface area contributed by atoms with Crippen LogP contribution < -0.4 is 5.32 Å². The van der Waals surface area contributed by atoms with E-state index in [1.807, 2.05) is 0 Å². The average Bonchev–Trinajstić information content (AvgIpc) is 2.78. The van der Waals surface area contributed by atoms with Crippen molar-refractivity contribution in [3.05, 3.63) is 0 Å². The van der Waals surface area contributed by atoms with Crippen LogP contribution in [-0.2, 0) is 0 Å². The Morgan fingerprint density at radius 3 is 2.36 bits per heavy atom. The average molecular weight is 171 g/mol. The van der Waals surface area contributed by atoms with Gasteiger partial charge < -0.3 is 5.32 Å². The first-order valence-corrected chi connectivity index (χ1v) is 6.12. The largest absolute Gasteiger partial charge is 0.307 e. The van der Waals surface area contributed by atoms with Gasteiger partial charge in [0.15, 0.2) is 0 Å². The molecule has 0 spiro atoms. The van der Waals surface area contributed by atoms with E-state index >= 15 is 0 Å². The number of hydrogen-bond acceptors (Lipinski definition) is 1. The molecule has 2 atom stereocenters. The van der Waals surface area contributed by atoms with Gasteiger partial charge in [-0.3, -0.25) is 0 Å². The summed E-state index contributed by atoms with van der Waals surface area (Å²) in [5, 5.41) is 3.73. The second-order valence-electron chi connectivity index (χ2n) is 4.08. The fourth-order valence-electron chi connectivity index (χ4n) is 1.89. The molecule has 2 unspecified atom stereocenters. The van der Waals surface area contributed by atoms with Crippen molar-refractivity contribution in [3.63, 3.8) is 0 Å². The Kier molecular flexibility index (Phi) is 2.48. The fraction of sp³-hybridized carbons (Fsp3) is 1.00. The second kappa shape index (κ2) is 3.41. The monoisotopic (exact) mass is 171 g/mol. The minimum absolute atomic E-state index is 0.881. The van der Waals surface area contributed by atoms with Crippen molar-refractivity contribution in [2.75, 3.05) is 6.16 Å². The molecule has 0 radical (unpaired) electrons. The van der Waals surface area contributed by atoms with Gasteiger partial charge in [0, 0.05) is 11.8 Å². The number of rotatable bonds is 2. The molecule has 1 saturated carbocycles. The predicted octanol–water partition coefficient (Wildman–Crippen LogP) is 2.17. The molecule has 64 valence electrons. The summed E-state index contributed by atoms with van der Waals surface area (Å²) in [6.07, 6.45) is 7.23. The number of hydrogen-bond donors (Lipinski definition) is 1. The van der Waals surface area contributed by atoms with Gasteiger partial charge in [-0.05, 0) is 37.8 Å². The molecule has 0 bridgehead atoms. The second-order valence-corrected chi connectivity index (χ2v) is 5.60. The Bertz CT molecular complexity index is 126. The van der Waals surface area contributed by atoms with Crippen molar-refractivity contribution in [2.24, 2.45) is 5.92 Å². The minimum atomic E-state index is 0.881. The van der Waals surface area contributed by atoms with Crippen molar-refractivity contribution in [1.82, 2.24) is 5.32 Å². The first kappa shape index (κ1) is 8.01. The lowest BCUT2D eigenvalue weighted by molar-refractivity contribution is 0.310. The molecule has 1 N–H and O–H groups in total.